The fourth-order valence-electron chi connectivity index (χ4n) is 4.37. The van der Waals surface area contributed by atoms with Crippen molar-refractivity contribution in [1.29, 1.82) is 0 Å². The second-order valence-electron chi connectivity index (χ2n) is 8.58. The largest absolute Gasteiger partial charge is 0.396 e. The van der Waals surface area contributed by atoms with Gasteiger partial charge in [0.25, 0.3) is 0 Å². The van der Waals surface area contributed by atoms with Crippen molar-refractivity contribution in [2.45, 2.75) is 39.4 Å². The molecule has 1 aromatic heterocycles. The van der Waals surface area contributed by atoms with E-state index in [1.807, 2.05) is 18.5 Å². The minimum absolute atomic E-state index is 0.219. The average molecular weight is 417 g/mol. The van der Waals surface area contributed by atoms with Gasteiger partial charge < -0.3 is 5.11 Å². The summed E-state index contributed by atoms with van der Waals surface area (Å²) >= 11 is 0. The van der Waals surface area contributed by atoms with Crippen LogP contribution in [-0.4, -0.2) is 57.2 Å². The molecule has 0 bridgehead atoms. The molecule has 1 fully saturated rings. The number of aryl methyl sites for hydroxylation is 2. The molecule has 162 valence electrons. The zero-order valence-electron chi connectivity index (χ0n) is 18.5. The fraction of sp³-hybridized carbons (Fsp3) is 0.385. The number of hydrogen-bond donors (Lipinski definition) is 1. The van der Waals surface area contributed by atoms with Gasteiger partial charge in [-0.3, -0.25) is 9.80 Å². The van der Waals surface area contributed by atoms with Crippen LogP contribution in [0.1, 0.15) is 28.7 Å². The highest BCUT2D eigenvalue weighted by molar-refractivity contribution is 5.55. The van der Waals surface area contributed by atoms with Gasteiger partial charge in [-0.25, -0.2) is 9.97 Å². The highest BCUT2D eigenvalue weighted by atomic mass is 16.3. The van der Waals surface area contributed by atoms with E-state index < -0.39 is 0 Å². The molecule has 3 aromatic rings. The Kier molecular flexibility index (Phi) is 7.07. The molecule has 1 atom stereocenters. The lowest BCUT2D eigenvalue weighted by atomic mass is 10.0. The molecule has 31 heavy (non-hydrogen) atoms. The Balaban J connectivity index is 1.39. The predicted molar refractivity (Wildman–Crippen MR) is 125 cm³/mol. The van der Waals surface area contributed by atoms with Crippen molar-refractivity contribution < 1.29 is 5.11 Å². The van der Waals surface area contributed by atoms with Gasteiger partial charge in [-0.05, 0) is 37.5 Å². The van der Waals surface area contributed by atoms with Crippen molar-refractivity contribution in [1.82, 2.24) is 19.8 Å². The molecule has 0 spiro atoms. The molecule has 0 unspecified atom stereocenters. The highest BCUT2D eigenvalue weighted by Crippen LogP contribution is 2.20. The number of piperazine rings is 1. The summed E-state index contributed by atoms with van der Waals surface area (Å²) in [6, 6.07) is 17.2. The van der Waals surface area contributed by atoms with Crippen molar-refractivity contribution >= 4 is 0 Å². The van der Waals surface area contributed by atoms with Crippen LogP contribution < -0.4 is 0 Å². The topological polar surface area (TPSA) is 52.5 Å². The van der Waals surface area contributed by atoms with Gasteiger partial charge in [-0.1, -0.05) is 48.0 Å². The number of hydrogen-bond acceptors (Lipinski definition) is 5. The van der Waals surface area contributed by atoms with E-state index in [1.54, 1.807) is 0 Å². The van der Waals surface area contributed by atoms with Crippen molar-refractivity contribution in [3.05, 3.63) is 83.2 Å². The molecule has 4 rings (SSSR count). The third-order valence-electron chi connectivity index (χ3n) is 6.17. The number of aliphatic hydroxyl groups is 1. The maximum atomic E-state index is 9.63. The quantitative estimate of drug-likeness (QED) is 0.634. The number of benzene rings is 2. The Morgan fingerprint density at radius 1 is 0.968 bits per heavy atom. The van der Waals surface area contributed by atoms with Crippen LogP contribution in [0, 0.1) is 13.8 Å². The minimum atomic E-state index is 0.219. The van der Waals surface area contributed by atoms with E-state index in [4.69, 9.17) is 0 Å². The smallest absolute Gasteiger partial charge is 0.159 e. The van der Waals surface area contributed by atoms with E-state index in [9.17, 15) is 5.11 Å². The Morgan fingerprint density at radius 3 is 2.52 bits per heavy atom. The molecule has 0 amide bonds. The van der Waals surface area contributed by atoms with Gasteiger partial charge >= 0.3 is 0 Å². The van der Waals surface area contributed by atoms with Crippen LogP contribution in [0.15, 0.2) is 60.9 Å². The third-order valence-corrected chi connectivity index (χ3v) is 6.17. The molecule has 1 aliphatic heterocycles. The number of nitrogens with zero attached hydrogens (tertiary/aromatic N) is 4. The highest BCUT2D eigenvalue weighted by Gasteiger charge is 2.27. The van der Waals surface area contributed by atoms with Crippen molar-refractivity contribution in [3.8, 4) is 11.4 Å². The van der Waals surface area contributed by atoms with Crippen LogP contribution in [-0.2, 0) is 13.1 Å². The number of aromatic nitrogens is 2. The van der Waals surface area contributed by atoms with Crippen LogP contribution in [0.3, 0.4) is 0 Å². The van der Waals surface area contributed by atoms with Crippen molar-refractivity contribution in [3.63, 3.8) is 0 Å². The zero-order valence-corrected chi connectivity index (χ0v) is 18.5. The zero-order chi connectivity index (χ0) is 21.6. The second kappa shape index (κ2) is 10.1. The summed E-state index contributed by atoms with van der Waals surface area (Å²) in [4.78, 5) is 14.2. The van der Waals surface area contributed by atoms with E-state index in [1.165, 1.54) is 16.7 Å². The lowest BCUT2D eigenvalue weighted by molar-refractivity contribution is 0.0498. The summed E-state index contributed by atoms with van der Waals surface area (Å²) in [5, 5.41) is 9.63. The Bertz CT molecular complexity index is 989. The lowest BCUT2D eigenvalue weighted by Crippen LogP contribution is -2.52. The van der Waals surface area contributed by atoms with Gasteiger partial charge in [-0.2, -0.15) is 0 Å². The van der Waals surface area contributed by atoms with E-state index in [0.717, 1.165) is 56.1 Å². The molecule has 0 aliphatic carbocycles. The maximum absolute atomic E-state index is 9.63. The van der Waals surface area contributed by atoms with Gasteiger partial charge in [0.1, 0.15) is 0 Å². The SMILES string of the molecule is Cc1cccc(-c2ncc(CN3CCN(Cc4ccccc4C)[C@@H](CCO)C3)cn2)c1. The molecule has 2 heterocycles. The standard InChI is InChI=1S/C26H32N4O/c1-20-6-5-9-23(14-20)26-27-15-22(16-28-26)17-29-11-12-30(25(19-29)10-13-31)18-24-8-4-3-7-21(24)2/h3-9,14-16,25,31H,10-13,17-19H2,1-2H3/t25-/m0/s1. The molecule has 0 radical (unpaired) electrons. The van der Waals surface area contributed by atoms with Gasteiger partial charge in [0.05, 0.1) is 0 Å². The summed E-state index contributed by atoms with van der Waals surface area (Å²) in [5.74, 6) is 0.772. The molecule has 5 nitrogen and oxygen atoms in total. The first-order valence-electron chi connectivity index (χ1n) is 11.1. The molecular weight excluding hydrogens is 384 g/mol. The van der Waals surface area contributed by atoms with E-state index in [0.29, 0.717) is 6.04 Å². The maximum Gasteiger partial charge on any atom is 0.159 e. The predicted octanol–water partition coefficient (Wildman–Crippen LogP) is 3.83. The summed E-state index contributed by atoms with van der Waals surface area (Å²) in [7, 11) is 0. The molecule has 1 N–H and O–H groups in total. The molecule has 1 aliphatic rings. The minimum Gasteiger partial charge on any atom is -0.396 e. The normalized spacial score (nSPS) is 17.7. The Hall–Kier alpha value is -2.60. The van der Waals surface area contributed by atoms with E-state index >= 15 is 0 Å². The van der Waals surface area contributed by atoms with Gasteiger partial charge in [-0.15, -0.1) is 0 Å². The summed E-state index contributed by atoms with van der Waals surface area (Å²) in [6.45, 7) is 9.22. The lowest BCUT2D eigenvalue weighted by Gasteiger charge is -2.41. The molecule has 1 saturated heterocycles. The number of rotatable bonds is 7. The van der Waals surface area contributed by atoms with E-state index in [2.05, 4.69) is 76.1 Å². The summed E-state index contributed by atoms with van der Waals surface area (Å²) in [6.07, 6.45) is 4.70. The van der Waals surface area contributed by atoms with E-state index in [-0.39, 0.29) is 6.61 Å². The third kappa shape index (κ3) is 5.56. The summed E-state index contributed by atoms with van der Waals surface area (Å²) < 4.78 is 0. The molecular formula is C26H32N4O. The Morgan fingerprint density at radius 2 is 1.77 bits per heavy atom. The first-order chi connectivity index (χ1) is 15.1. The second-order valence-corrected chi connectivity index (χ2v) is 8.58. The fourth-order valence-corrected chi connectivity index (χ4v) is 4.37. The number of aliphatic hydroxyl groups excluding tert-OH is 1. The van der Waals surface area contributed by atoms with Crippen LogP contribution in [0.4, 0.5) is 0 Å². The molecule has 0 saturated carbocycles. The first-order valence-corrected chi connectivity index (χ1v) is 11.1. The van der Waals surface area contributed by atoms with Crippen molar-refractivity contribution in [2.75, 3.05) is 26.2 Å². The van der Waals surface area contributed by atoms with Crippen molar-refractivity contribution in [2.24, 2.45) is 0 Å². The van der Waals surface area contributed by atoms with Gasteiger partial charge in [0, 0.05) is 68.9 Å². The summed E-state index contributed by atoms with van der Waals surface area (Å²) in [5.41, 5.74) is 6.10. The Labute approximate surface area is 185 Å². The molecule has 5 heteroatoms. The van der Waals surface area contributed by atoms with Gasteiger partial charge in [0.2, 0.25) is 0 Å². The monoisotopic (exact) mass is 416 g/mol. The first kappa shape index (κ1) is 21.6. The van der Waals surface area contributed by atoms with Gasteiger partial charge in [0.15, 0.2) is 5.82 Å². The van der Waals surface area contributed by atoms with Crippen LogP contribution in [0.5, 0.6) is 0 Å². The van der Waals surface area contributed by atoms with Crippen LogP contribution in [0.2, 0.25) is 0 Å². The van der Waals surface area contributed by atoms with Crippen LogP contribution in [0.25, 0.3) is 11.4 Å². The average Bonchev–Trinajstić information content (AvgIpc) is 2.78. The molecule has 2 aromatic carbocycles. The van der Waals surface area contributed by atoms with Crippen LogP contribution >= 0.6 is 0 Å².